The first-order valence-corrected chi connectivity index (χ1v) is 8.92. The molecule has 3 heterocycles. The maximum absolute atomic E-state index is 13.1. The van der Waals surface area contributed by atoms with Crippen LogP contribution in [0, 0.1) is 11.7 Å². The standard InChI is InChI=1S/C19H22FN5O/c20-15-3-5-16(6-4-15)25-17(7-10-23-25)13-21-12-14-2-1-11-26-19(14)18-8-9-22-24-18/h3-10,14,19,21H,1-2,11-13H2,(H,22,24)/t14-,19+/m0/s1. The predicted octanol–water partition coefficient (Wildman–Crippen LogP) is 2.99. The van der Waals surface area contributed by atoms with Gasteiger partial charge in [-0.1, -0.05) is 0 Å². The Labute approximate surface area is 151 Å². The van der Waals surface area contributed by atoms with Crippen LogP contribution in [0.25, 0.3) is 5.69 Å². The van der Waals surface area contributed by atoms with E-state index in [-0.39, 0.29) is 11.9 Å². The van der Waals surface area contributed by atoms with E-state index in [1.165, 1.54) is 12.1 Å². The third-order valence-electron chi connectivity index (χ3n) is 4.78. The van der Waals surface area contributed by atoms with Crippen LogP contribution in [0.5, 0.6) is 0 Å². The molecule has 7 heteroatoms. The Hall–Kier alpha value is -2.51. The van der Waals surface area contributed by atoms with Crippen LogP contribution in [0.1, 0.15) is 30.3 Å². The van der Waals surface area contributed by atoms with Gasteiger partial charge in [0, 0.05) is 38.0 Å². The molecule has 1 aromatic carbocycles. The highest BCUT2D eigenvalue weighted by atomic mass is 19.1. The first-order valence-electron chi connectivity index (χ1n) is 8.92. The van der Waals surface area contributed by atoms with Gasteiger partial charge in [0.2, 0.25) is 0 Å². The Morgan fingerprint density at radius 1 is 1.19 bits per heavy atom. The molecule has 0 bridgehead atoms. The molecule has 1 saturated heterocycles. The number of ether oxygens (including phenoxy) is 1. The summed E-state index contributed by atoms with van der Waals surface area (Å²) < 4.78 is 20.9. The molecule has 2 aromatic heterocycles. The van der Waals surface area contributed by atoms with E-state index in [9.17, 15) is 4.39 Å². The Morgan fingerprint density at radius 2 is 2.08 bits per heavy atom. The fourth-order valence-electron chi connectivity index (χ4n) is 3.49. The summed E-state index contributed by atoms with van der Waals surface area (Å²) in [6.07, 6.45) is 5.77. The van der Waals surface area contributed by atoms with Crippen LogP contribution >= 0.6 is 0 Å². The number of hydrogen-bond acceptors (Lipinski definition) is 4. The molecule has 0 aliphatic carbocycles. The van der Waals surface area contributed by atoms with Crippen molar-refractivity contribution in [2.45, 2.75) is 25.5 Å². The maximum Gasteiger partial charge on any atom is 0.123 e. The normalized spacial score (nSPS) is 20.3. The molecule has 0 saturated carbocycles. The fourth-order valence-corrected chi connectivity index (χ4v) is 3.49. The highest BCUT2D eigenvalue weighted by Gasteiger charge is 2.28. The van der Waals surface area contributed by atoms with Crippen molar-refractivity contribution >= 4 is 0 Å². The number of hydrogen-bond donors (Lipinski definition) is 2. The minimum atomic E-state index is -0.247. The highest BCUT2D eigenvalue weighted by Crippen LogP contribution is 2.32. The second-order valence-electron chi connectivity index (χ2n) is 6.55. The second-order valence-corrected chi connectivity index (χ2v) is 6.55. The van der Waals surface area contributed by atoms with Crippen molar-refractivity contribution in [1.29, 1.82) is 0 Å². The molecule has 26 heavy (non-hydrogen) atoms. The molecule has 2 atom stereocenters. The van der Waals surface area contributed by atoms with E-state index in [0.717, 1.165) is 43.1 Å². The van der Waals surface area contributed by atoms with Crippen molar-refractivity contribution < 1.29 is 9.13 Å². The number of aromatic nitrogens is 4. The lowest BCUT2D eigenvalue weighted by Crippen LogP contribution is -2.32. The Balaban J connectivity index is 1.39. The molecule has 6 nitrogen and oxygen atoms in total. The van der Waals surface area contributed by atoms with E-state index >= 15 is 0 Å². The number of nitrogens with zero attached hydrogens (tertiary/aromatic N) is 3. The van der Waals surface area contributed by atoms with Crippen LogP contribution in [0.2, 0.25) is 0 Å². The summed E-state index contributed by atoms with van der Waals surface area (Å²) in [6.45, 7) is 2.32. The summed E-state index contributed by atoms with van der Waals surface area (Å²) in [5, 5.41) is 14.9. The number of H-pyrrole nitrogens is 1. The Morgan fingerprint density at radius 3 is 2.88 bits per heavy atom. The molecular weight excluding hydrogens is 333 g/mol. The van der Waals surface area contributed by atoms with Gasteiger partial charge in [-0.3, -0.25) is 5.10 Å². The monoisotopic (exact) mass is 355 g/mol. The van der Waals surface area contributed by atoms with Crippen LogP contribution < -0.4 is 5.32 Å². The molecule has 0 amide bonds. The second kappa shape index (κ2) is 7.80. The minimum Gasteiger partial charge on any atom is -0.372 e. The molecule has 0 radical (unpaired) electrons. The first kappa shape index (κ1) is 16.9. The summed E-state index contributed by atoms with van der Waals surface area (Å²) in [5.41, 5.74) is 2.92. The largest absolute Gasteiger partial charge is 0.372 e. The Bertz CT molecular complexity index is 815. The summed E-state index contributed by atoms with van der Waals surface area (Å²) >= 11 is 0. The SMILES string of the molecule is Fc1ccc(-n2nccc2CNC[C@@H]2CCCO[C@H]2c2ccn[nH]2)cc1. The number of benzene rings is 1. The molecule has 0 spiro atoms. The van der Waals surface area contributed by atoms with Crippen molar-refractivity contribution in [3.8, 4) is 5.69 Å². The lowest BCUT2D eigenvalue weighted by Gasteiger charge is -2.31. The van der Waals surface area contributed by atoms with E-state index in [4.69, 9.17) is 4.74 Å². The summed E-state index contributed by atoms with van der Waals surface area (Å²) in [6, 6.07) is 10.3. The lowest BCUT2D eigenvalue weighted by atomic mass is 9.92. The molecule has 1 aliphatic heterocycles. The van der Waals surface area contributed by atoms with Crippen molar-refractivity contribution in [3.05, 3.63) is 66.0 Å². The zero-order chi connectivity index (χ0) is 17.8. The minimum absolute atomic E-state index is 0.0563. The average Bonchev–Trinajstić information content (AvgIpc) is 3.35. The molecule has 3 aromatic rings. The van der Waals surface area contributed by atoms with Crippen molar-refractivity contribution in [3.63, 3.8) is 0 Å². The quantitative estimate of drug-likeness (QED) is 0.713. The van der Waals surface area contributed by atoms with Crippen LogP contribution in [0.3, 0.4) is 0 Å². The average molecular weight is 355 g/mol. The predicted molar refractivity (Wildman–Crippen MR) is 95.2 cm³/mol. The van der Waals surface area contributed by atoms with Gasteiger partial charge in [-0.05, 0) is 49.2 Å². The van der Waals surface area contributed by atoms with Gasteiger partial charge in [-0.2, -0.15) is 10.2 Å². The zero-order valence-electron chi connectivity index (χ0n) is 14.4. The summed E-state index contributed by atoms with van der Waals surface area (Å²) in [7, 11) is 0. The van der Waals surface area contributed by atoms with Crippen molar-refractivity contribution in [2.75, 3.05) is 13.2 Å². The molecule has 1 fully saturated rings. The van der Waals surface area contributed by atoms with E-state index in [1.807, 2.05) is 16.8 Å². The number of aromatic amines is 1. The molecule has 136 valence electrons. The number of halogens is 1. The van der Waals surface area contributed by atoms with Crippen LogP contribution in [-0.2, 0) is 11.3 Å². The van der Waals surface area contributed by atoms with Crippen molar-refractivity contribution in [2.24, 2.45) is 5.92 Å². The summed E-state index contributed by atoms with van der Waals surface area (Å²) in [4.78, 5) is 0. The van der Waals surface area contributed by atoms with Crippen LogP contribution in [-0.4, -0.2) is 33.1 Å². The van der Waals surface area contributed by atoms with Gasteiger partial charge in [0.25, 0.3) is 0 Å². The van der Waals surface area contributed by atoms with E-state index in [2.05, 4.69) is 20.6 Å². The molecule has 0 unspecified atom stereocenters. The van der Waals surface area contributed by atoms with Gasteiger partial charge in [0.1, 0.15) is 11.9 Å². The third-order valence-corrected chi connectivity index (χ3v) is 4.78. The van der Waals surface area contributed by atoms with Gasteiger partial charge in [0.05, 0.1) is 17.1 Å². The van der Waals surface area contributed by atoms with Gasteiger partial charge in [-0.25, -0.2) is 9.07 Å². The summed E-state index contributed by atoms with van der Waals surface area (Å²) in [5.74, 6) is 0.147. The molecular formula is C19H22FN5O. The van der Waals surface area contributed by atoms with Gasteiger partial charge in [-0.15, -0.1) is 0 Å². The first-order chi connectivity index (χ1) is 12.8. The topological polar surface area (TPSA) is 67.8 Å². The highest BCUT2D eigenvalue weighted by molar-refractivity contribution is 5.32. The third kappa shape index (κ3) is 3.68. The van der Waals surface area contributed by atoms with Crippen LogP contribution in [0.15, 0.2) is 48.8 Å². The molecule has 4 rings (SSSR count). The number of rotatable bonds is 6. The number of nitrogens with one attached hydrogen (secondary N) is 2. The zero-order valence-corrected chi connectivity index (χ0v) is 14.4. The lowest BCUT2D eigenvalue weighted by molar-refractivity contribution is -0.0303. The Kier molecular flexibility index (Phi) is 5.08. The van der Waals surface area contributed by atoms with Gasteiger partial charge >= 0.3 is 0 Å². The molecule has 1 aliphatic rings. The van der Waals surface area contributed by atoms with E-state index in [1.54, 1.807) is 24.5 Å². The van der Waals surface area contributed by atoms with E-state index < -0.39 is 0 Å². The van der Waals surface area contributed by atoms with E-state index in [0.29, 0.717) is 12.5 Å². The maximum atomic E-state index is 13.1. The van der Waals surface area contributed by atoms with Crippen LogP contribution in [0.4, 0.5) is 4.39 Å². The van der Waals surface area contributed by atoms with Gasteiger partial charge < -0.3 is 10.1 Å². The fraction of sp³-hybridized carbons (Fsp3) is 0.368. The smallest absolute Gasteiger partial charge is 0.123 e. The molecule has 2 N–H and O–H groups in total. The van der Waals surface area contributed by atoms with Crippen molar-refractivity contribution in [1.82, 2.24) is 25.3 Å². The van der Waals surface area contributed by atoms with Gasteiger partial charge in [0.15, 0.2) is 0 Å².